The number of benzene rings is 8. The second kappa shape index (κ2) is 8.90. The maximum absolute atomic E-state index is 2.45. The van der Waals surface area contributed by atoms with Crippen LogP contribution in [0.1, 0.15) is 25.0 Å². The van der Waals surface area contributed by atoms with Crippen molar-refractivity contribution in [2.45, 2.75) is 19.3 Å². The first-order valence-corrected chi connectivity index (χ1v) is 15.2. The van der Waals surface area contributed by atoms with Crippen LogP contribution >= 0.6 is 0 Å². The summed E-state index contributed by atoms with van der Waals surface area (Å²) in [6, 6.07) is 54.2. The normalized spacial score (nSPS) is 13.5. The van der Waals surface area contributed by atoms with E-state index in [0.29, 0.717) is 0 Å². The van der Waals surface area contributed by atoms with Crippen LogP contribution in [0, 0.1) is 0 Å². The van der Waals surface area contributed by atoms with Gasteiger partial charge in [0, 0.05) is 5.41 Å². The molecule has 0 unspecified atom stereocenters. The van der Waals surface area contributed by atoms with Gasteiger partial charge in [-0.05, 0) is 99.7 Å². The molecule has 0 saturated carbocycles. The standard InChI is InChI=1S/C43H30/c1-43(2)39-22-12-11-17-32(39)37-26-28(23-24-40(37)43)41-33-18-7-9-20-35(33)42(36-21-10-8-19-34(36)41)38-25-27-13-3-4-14-29(27)30-15-5-6-16-31(30)38/h3-26H,1-2H3. The fourth-order valence-corrected chi connectivity index (χ4v) is 7.87. The second-order valence-electron chi connectivity index (χ2n) is 12.5. The Hall–Kier alpha value is -5.20. The molecule has 0 saturated heterocycles. The maximum Gasteiger partial charge on any atom is 0.0158 e. The zero-order valence-corrected chi connectivity index (χ0v) is 24.4. The molecule has 0 fully saturated rings. The molecule has 0 spiro atoms. The number of hydrogen-bond acceptors (Lipinski definition) is 0. The number of hydrogen-bond donors (Lipinski definition) is 0. The van der Waals surface area contributed by atoms with Gasteiger partial charge >= 0.3 is 0 Å². The first-order valence-electron chi connectivity index (χ1n) is 15.2. The Kier molecular flexibility index (Phi) is 5.05. The lowest BCUT2D eigenvalue weighted by atomic mass is 9.81. The molecule has 43 heavy (non-hydrogen) atoms. The lowest BCUT2D eigenvalue weighted by molar-refractivity contribution is 0.660. The average Bonchev–Trinajstić information content (AvgIpc) is 3.29. The average molecular weight is 547 g/mol. The van der Waals surface area contributed by atoms with Gasteiger partial charge in [-0.3, -0.25) is 0 Å². The Morgan fingerprint density at radius 2 is 0.860 bits per heavy atom. The molecule has 9 rings (SSSR count). The molecule has 8 aromatic carbocycles. The molecule has 1 aliphatic rings. The van der Waals surface area contributed by atoms with Gasteiger partial charge in [-0.15, -0.1) is 0 Å². The smallest absolute Gasteiger partial charge is 0.0158 e. The van der Waals surface area contributed by atoms with Crippen LogP contribution < -0.4 is 0 Å². The third-order valence-electron chi connectivity index (χ3n) is 9.84. The van der Waals surface area contributed by atoms with Crippen LogP contribution in [0.2, 0.25) is 0 Å². The van der Waals surface area contributed by atoms with Crippen molar-refractivity contribution in [3.05, 3.63) is 157 Å². The lowest BCUT2D eigenvalue weighted by Crippen LogP contribution is -2.14. The molecule has 0 aromatic heterocycles. The zero-order valence-electron chi connectivity index (χ0n) is 24.4. The highest BCUT2D eigenvalue weighted by Gasteiger charge is 2.35. The van der Waals surface area contributed by atoms with Crippen molar-refractivity contribution in [1.29, 1.82) is 0 Å². The Labute approximate surface area is 251 Å². The van der Waals surface area contributed by atoms with Crippen LogP contribution in [0.25, 0.3) is 76.5 Å². The van der Waals surface area contributed by atoms with E-state index in [1.54, 1.807) is 0 Å². The number of fused-ring (bicyclic) bond motifs is 8. The summed E-state index contributed by atoms with van der Waals surface area (Å²) in [5, 5.41) is 10.3. The van der Waals surface area contributed by atoms with Crippen molar-refractivity contribution in [2.24, 2.45) is 0 Å². The van der Waals surface area contributed by atoms with E-state index in [9.17, 15) is 0 Å². The van der Waals surface area contributed by atoms with Gasteiger partial charge in [-0.25, -0.2) is 0 Å². The van der Waals surface area contributed by atoms with E-state index >= 15 is 0 Å². The summed E-state index contributed by atoms with van der Waals surface area (Å²) in [5.41, 5.74) is 10.7. The Balaban J connectivity index is 1.40. The molecule has 0 heteroatoms. The minimum Gasteiger partial charge on any atom is -0.0619 e. The van der Waals surface area contributed by atoms with Gasteiger partial charge in [0.15, 0.2) is 0 Å². The molecule has 0 radical (unpaired) electrons. The second-order valence-corrected chi connectivity index (χ2v) is 12.5. The quantitative estimate of drug-likeness (QED) is 0.149. The zero-order chi connectivity index (χ0) is 28.7. The van der Waals surface area contributed by atoms with E-state index in [1.165, 1.54) is 87.6 Å². The Morgan fingerprint density at radius 1 is 0.349 bits per heavy atom. The van der Waals surface area contributed by atoms with E-state index in [0.717, 1.165) is 0 Å². The van der Waals surface area contributed by atoms with Gasteiger partial charge in [0.05, 0.1) is 0 Å². The first-order chi connectivity index (χ1) is 21.1. The van der Waals surface area contributed by atoms with E-state index in [4.69, 9.17) is 0 Å². The predicted octanol–water partition coefficient (Wildman–Crippen LogP) is 11.9. The van der Waals surface area contributed by atoms with Crippen LogP contribution in [0.5, 0.6) is 0 Å². The molecule has 202 valence electrons. The van der Waals surface area contributed by atoms with Crippen LogP contribution in [0.4, 0.5) is 0 Å². The maximum atomic E-state index is 2.45. The highest BCUT2D eigenvalue weighted by molar-refractivity contribution is 6.25. The monoisotopic (exact) mass is 546 g/mol. The summed E-state index contributed by atoms with van der Waals surface area (Å²) >= 11 is 0. The third kappa shape index (κ3) is 3.38. The lowest BCUT2D eigenvalue weighted by Gasteiger charge is -2.22. The minimum absolute atomic E-state index is 0.00438. The molecular weight excluding hydrogens is 516 g/mol. The van der Waals surface area contributed by atoms with Crippen LogP contribution in [0.15, 0.2) is 146 Å². The summed E-state index contributed by atoms with van der Waals surface area (Å²) in [6.07, 6.45) is 0. The third-order valence-corrected chi connectivity index (χ3v) is 9.84. The largest absolute Gasteiger partial charge is 0.0619 e. The van der Waals surface area contributed by atoms with E-state index in [1.807, 2.05) is 0 Å². The van der Waals surface area contributed by atoms with E-state index < -0.39 is 0 Å². The van der Waals surface area contributed by atoms with Crippen molar-refractivity contribution in [1.82, 2.24) is 0 Å². The van der Waals surface area contributed by atoms with Gasteiger partial charge < -0.3 is 0 Å². The summed E-state index contributed by atoms with van der Waals surface area (Å²) in [7, 11) is 0. The van der Waals surface area contributed by atoms with Crippen LogP contribution in [-0.4, -0.2) is 0 Å². The number of rotatable bonds is 2. The minimum atomic E-state index is -0.00438. The highest BCUT2D eigenvalue weighted by Crippen LogP contribution is 2.51. The highest BCUT2D eigenvalue weighted by atomic mass is 14.4. The summed E-state index contributed by atoms with van der Waals surface area (Å²) in [6.45, 7) is 4.70. The topological polar surface area (TPSA) is 0 Å². The van der Waals surface area contributed by atoms with Crippen LogP contribution in [0.3, 0.4) is 0 Å². The van der Waals surface area contributed by atoms with Gasteiger partial charge in [-0.1, -0.05) is 147 Å². The molecule has 0 heterocycles. The molecule has 8 aromatic rings. The van der Waals surface area contributed by atoms with E-state index in [2.05, 4.69) is 159 Å². The molecule has 0 nitrogen and oxygen atoms in total. The molecule has 0 amide bonds. The van der Waals surface area contributed by atoms with Crippen molar-refractivity contribution < 1.29 is 0 Å². The fourth-order valence-electron chi connectivity index (χ4n) is 7.87. The van der Waals surface area contributed by atoms with E-state index in [-0.39, 0.29) is 5.41 Å². The van der Waals surface area contributed by atoms with Gasteiger partial charge in [0.2, 0.25) is 0 Å². The molecule has 1 aliphatic carbocycles. The summed E-state index contributed by atoms with van der Waals surface area (Å²) in [5.74, 6) is 0. The SMILES string of the molecule is CC1(C)c2ccccc2-c2cc(-c3c4ccccc4c(-c4cc5ccccc5c5ccccc45)c4ccccc34)ccc21. The van der Waals surface area contributed by atoms with Crippen molar-refractivity contribution in [3.8, 4) is 33.4 Å². The van der Waals surface area contributed by atoms with Crippen molar-refractivity contribution in [3.63, 3.8) is 0 Å². The molecular formula is C43H30. The summed E-state index contributed by atoms with van der Waals surface area (Å²) < 4.78 is 0. The Morgan fingerprint density at radius 3 is 1.56 bits per heavy atom. The molecule has 0 N–H and O–H groups in total. The predicted molar refractivity (Wildman–Crippen MR) is 185 cm³/mol. The van der Waals surface area contributed by atoms with Gasteiger partial charge in [-0.2, -0.15) is 0 Å². The molecule has 0 aliphatic heterocycles. The summed E-state index contributed by atoms with van der Waals surface area (Å²) in [4.78, 5) is 0. The van der Waals surface area contributed by atoms with Gasteiger partial charge in [0.1, 0.15) is 0 Å². The van der Waals surface area contributed by atoms with Crippen LogP contribution in [-0.2, 0) is 5.41 Å². The van der Waals surface area contributed by atoms with Gasteiger partial charge in [0.25, 0.3) is 0 Å². The van der Waals surface area contributed by atoms with Crippen molar-refractivity contribution >= 4 is 43.1 Å². The van der Waals surface area contributed by atoms with Crippen molar-refractivity contribution in [2.75, 3.05) is 0 Å². The molecule has 0 bridgehead atoms. The molecule has 0 atom stereocenters. The Bertz CT molecular complexity index is 2360. The first kappa shape index (κ1) is 24.4. The fraction of sp³-hybridized carbons (Fsp3) is 0.0698.